The summed E-state index contributed by atoms with van der Waals surface area (Å²) in [7, 11) is 0. The Morgan fingerprint density at radius 3 is 1.59 bits per heavy atom. The molecule has 0 aromatic heterocycles. The van der Waals surface area contributed by atoms with Crippen molar-refractivity contribution in [1.29, 1.82) is 0 Å². The van der Waals surface area contributed by atoms with Gasteiger partial charge in [-0.3, -0.25) is 0 Å². The van der Waals surface area contributed by atoms with Crippen LogP contribution < -0.4 is 4.90 Å². The lowest BCUT2D eigenvalue weighted by molar-refractivity contribution is 0.731. The Morgan fingerprint density at radius 1 is 0.370 bits per heavy atom. The van der Waals surface area contributed by atoms with Crippen LogP contribution in [0.2, 0.25) is 0 Å². The minimum Gasteiger partial charge on any atom is -0.310 e. The molecule has 0 heterocycles. The predicted octanol–water partition coefficient (Wildman–Crippen LogP) is 14.5. The lowest BCUT2D eigenvalue weighted by atomic mass is 9.82. The Hall–Kier alpha value is -6.70. The largest absolute Gasteiger partial charge is 0.310 e. The van der Waals surface area contributed by atoms with Gasteiger partial charge in [-0.15, -0.1) is 0 Å². The van der Waals surface area contributed by atoms with Crippen molar-refractivity contribution >= 4 is 38.6 Å². The van der Waals surface area contributed by atoms with Crippen LogP contribution >= 0.6 is 0 Å². The van der Waals surface area contributed by atoms with Gasteiger partial charge in [0.25, 0.3) is 0 Å². The monoisotopic (exact) mass is 689 g/mol. The summed E-state index contributed by atoms with van der Waals surface area (Å²) in [6.45, 7) is 0. The van der Waals surface area contributed by atoms with Crippen molar-refractivity contribution in [2.24, 2.45) is 0 Å². The lowest BCUT2D eigenvalue weighted by Crippen LogP contribution is -2.10. The van der Waals surface area contributed by atoms with E-state index in [4.69, 9.17) is 0 Å². The van der Waals surface area contributed by atoms with E-state index in [-0.39, 0.29) is 5.92 Å². The fraction of sp³-hybridized carbons (Fsp3) is 0.0566. The van der Waals surface area contributed by atoms with Gasteiger partial charge >= 0.3 is 0 Å². The third-order valence-corrected chi connectivity index (χ3v) is 11.3. The molecule has 0 spiro atoms. The van der Waals surface area contributed by atoms with Gasteiger partial charge in [0.2, 0.25) is 0 Å². The van der Waals surface area contributed by atoms with E-state index >= 15 is 0 Å². The molecule has 0 saturated carbocycles. The van der Waals surface area contributed by atoms with E-state index < -0.39 is 0 Å². The SMILES string of the molecule is c1ccc(-c2ccc(N(c3ccc(-c4ccccc4)cc3)c3ccc4ccc5c(c4c3)C(c3ccc4ccccc4c3)CCc3ccccc3-5)cc2)cc1. The number of nitrogens with zero attached hydrogens (tertiary/aromatic N) is 1. The van der Waals surface area contributed by atoms with E-state index in [1.807, 2.05) is 0 Å². The standard InChI is InChI=1S/C53H39N/c1-3-11-37(12-4-1)40-21-28-46(29-22-40)54(47-30-23-41(24-31-47)38-13-5-2-6-14-38)48-32-25-43-27-34-51-49-18-10-9-16-42(49)26-33-50(53(51)52(43)36-48)45-20-19-39-15-7-8-17-44(39)35-45/h1-25,27-32,34-36,50H,26,33H2. The van der Waals surface area contributed by atoms with Crippen molar-refractivity contribution in [3.63, 3.8) is 0 Å². The van der Waals surface area contributed by atoms with Gasteiger partial charge in [0.1, 0.15) is 0 Å². The van der Waals surface area contributed by atoms with Gasteiger partial charge in [0.15, 0.2) is 0 Å². The topological polar surface area (TPSA) is 3.24 Å². The Morgan fingerprint density at radius 2 is 0.907 bits per heavy atom. The van der Waals surface area contributed by atoms with Crippen molar-refractivity contribution in [2.75, 3.05) is 4.90 Å². The maximum Gasteiger partial charge on any atom is 0.0468 e. The van der Waals surface area contributed by atoms with E-state index in [0.717, 1.165) is 29.9 Å². The minimum absolute atomic E-state index is 0.250. The molecule has 54 heavy (non-hydrogen) atoms. The second-order valence-corrected chi connectivity index (χ2v) is 14.4. The molecular formula is C53H39N. The van der Waals surface area contributed by atoms with Crippen LogP contribution in [0.5, 0.6) is 0 Å². The summed E-state index contributed by atoms with van der Waals surface area (Å²) >= 11 is 0. The average Bonchev–Trinajstić information content (AvgIpc) is 3.42. The fourth-order valence-corrected chi connectivity index (χ4v) is 8.60. The molecule has 0 bridgehead atoms. The van der Waals surface area contributed by atoms with Crippen molar-refractivity contribution in [1.82, 2.24) is 0 Å². The molecule has 1 aliphatic carbocycles. The first-order valence-corrected chi connectivity index (χ1v) is 19.0. The number of rotatable bonds is 6. The quantitative estimate of drug-likeness (QED) is 0.168. The summed E-state index contributed by atoms with van der Waals surface area (Å²) in [6, 6.07) is 75.9. The van der Waals surface area contributed by atoms with Crippen molar-refractivity contribution < 1.29 is 0 Å². The minimum atomic E-state index is 0.250. The maximum absolute atomic E-state index is 2.45. The number of hydrogen-bond acceptors (Lipinski definition) is 1. The zero-order valence-corrected chi connectivity index (χ0v) is 30.1. The van der Waals surface area contributed by atoms with E-state index in [9.17, 15) is 0 Å². The summed E-state index contributed by atoms with van der Waals surface area (Å²) in [5.74, 6) is 0.250. The number of benzene rings is 9. The van der Waals surface area contributed by atoms with E-state index in [0.29, 0.717) is 0 Å². The van der Waals surface area contributed by atoms with Crippen LogP contribution in [0.4, 0.5) is 17.1 Å². The number of fused-ring (bicyclic) bond motifs is 6. The second-order valence-electron chi connectivity index (χ2n) is 14.4. The van der Waals surface area contributed by atoms with Crippen LogP contribution in [0, 0.1) is 0 Å². The van der Waals surface area contributed by atoms with E-state index in [2.05, 4.69) is 211 Å². The molecule has 1 aliphatic rings. The summed E-state index contributed by atoms with van der Waals surface area (Å²) in [6.07, 6.45) is 2.09. The molecule has 10 rings (SSSR count). The van der Waals surface area contributed by atoms with E-state index in [1.165, 1.54) is 71.6 Å². The molecule has 1 heteroatoms. The summed E-state index contributed by atoms with van der Waals surface area (Å²) in [4.78, 5) is 2.41. The molecule has 9 aromatic carbocycles. The fourth-order valence-electron chi connectivity index (χ4n) is 8.60. The highest BCUT2D eigenvalue weighted by molar-refractivity contribution is 5.97. The molecule has 1 unspecified atom stereocenters. The first-order chi connectivity index (χ1) is 26.8. The van der Waals surface area contributed by atoms with Gasteiger partial charge in [0.05, 0.1) is 0 Å². The highest BCUT2D eigenvalue weighted by Gasteiger charge is 2.27. The van der Waals surface area contributed by atoms with Gasteiger partial charge in [-0.1, -0.05) is 170 Å². The zero-order chi connectivity index (χ0) is 35.8. The molecule has 0 radical (unpaired) electrons. The van der Waals surface area contributed by atoms with Gasteiger partial charge in [-0.2, -0.15) is 0 Å². The van der Waals surface area contributed by atoms with Crippen LogP contribution in [-0.2, 0) is 6.42 Å². The third-order valence-electron chi connectivity index (χ3n) is 11.3. The van der Waals surface area contributed by atoms with Crippen LogP contribution in [0.3, 0.4) is 0 Å². The van der Waals surface area contributed by atoms with Crippen molar-refractivity contribution in [3.05, 3.63) is 223 Å². The third kappa shape index (κ3) is 5.85. The molecule has 1 nitrogen and oxygen atoms in total. The molecule has 0 fully saturated rings. The number of anilines is 3. The Balaban J connectivity index is 1.16. The zero-order valence-electron chi connectivity index (χ0n) is 30.1. The average molecular weight is 690 g/mol. The van der Waals surface area contributed by atoms with Crippen LogP contribution in [-0.4, -0.2) is 0 Å². The maximum atomic E-state index is 2.45. The van der Waals surface area contributed by atoms with E-state index in [1.54, 1.807) is 0 Å². The summed E-state index contributed by atoms with van der Waals surface area (Å²) in [5.41, 5.74) is 15.2. The van der Waals surface area contributed by atoms with Crippen LogP contribution in [0.1, 0.15) is 29.0 Å². The summed E-state index contributed by atoms with van der Waals surface area (Å²) in [5, 5.41) is 5.15. The van der Waals surface area contributed by atoms with Crippen LogP contribution in [0.15, 0.2) is 206 Å². The molecule has 0 N–H and O–H groups in total. The molecular weight excluding hydrogens is 651 g/mol. The molecule has 256 valence electrons. The van der Waals surface area contributed by atoms with Gasteiger partial charge in [-0.25, -0.2) is 0 Å². The van der Waals surface area contributed by atoms with Gasteiger partial charge in [-0.05, 0) is 121 Å². The highest BCUT2D eigenvalue weighted by atomic mass is 15.1. The highest BCUT2D eigenvalue weighted by Crippen LogP contribution is 2.47. The predicted molar refractivity (Wildman–Crippen MR) is 229 cm³/mol. The van der Waals surface area contributed by atoms with Crippen LogP contribution in [0.25, 0.3) is 54.9 Å². The molecule has 9 aromatic rings. The number of aryl methyl sites for hydroxylation is 1. The first kappa shape index (κ1) is 32.0. The van der Waals surface area contributed by atoms with Gasteiger partial charge in [0, 0.05) is 23.0 Å². The normalized spacial score (nSPS) is 13.6. The second kappa shape index (κ2) is 13.7. The lowest BCUT2D eigenvalue weighted by Gasteiger charge is -2.27. The Bertz CT molecular complexity index is 2660. The van der Waals surface area contributed by atoms with Gasteiger partial charge < -0.3 is 4.90 Å². The van der Waals surface area contributed by atoms with Crippen molar-refractivity contribution in [3.8, 4) is 33.4 Å². The molecule has 0 aliphatic heterocycles. The molecule has 1 atom stereocenters. The number of hydrogen-bond donors (Lipinski definition) is 0. The Labute approximate surface area is 317 Å². The first-order valence-electron chi connectivity index (χ1n) is 19.0. The van der Waals surface area contributed by atoms with Crippen molar-refractivity contribution in [2.45, 2.75) is 18.8 Å². The summed E-state index contributed by atoms with van der Waals surface area (Å²) < 4.78 is 0. The smallest absolute Gasteiger partial charge is 0.0468 e. The Kier molecular flexibility index (Phi) is 8.11. The molecule has 0 amide bonds. The molecule has 0 saturated heterocycles.